The molecule has 0 bridgehead atoms. The molecule has 0 radical (unpaired) electrons. The van der Waals surface area contributed by atoms with Crippen molar-refractivity contribution in [3.63, 3.8) is 0 Å². The molecule has 134 valence electrons. The Morgan fingerprint density at radius 2 is 1.58 bits per heavy atom. The zero-order chi connectivity index (χ0) is 17.9. The minimum absolute atomic E-state index is 0.593. The van der Waals surface area contributed by atoms with Gasteiger partial charge in [0.25, 0.3) is 0 Å². The molecule has 1 aliphatic heterocycles. The van der Waals surface area contributed by atoms with E-state index >= 15 is 0 Å². The molecule has 0 N–H and O–H groups in total. The van der Waals surface area contributed by atoms with Gasteiger partial charge >= 0.3 is 0 Å². The van der Waals surface area contributed by atoms with Crippen molar-refractivity contribution >= 4 is 16.9 Å². The topological polar surface area (TPSA) is 32.3 Å². The molecule has 3 aromatic rings. The van der Waals surface area contributed by atoms with Crippen LogP contribution >= 0.6 is 0 Å². The van der Waals surface area contributed by atoms with E-state index in [0.717, 1.165) is 49.6 Å². The Morgan fingerprint density at radius 1 is 0.885 bits per heavy atom. The van der Waals surface area contributed by atoms with E-state index in [4.69, 9.17) is 4.98 Å². The Morgan fingerprint density at radius 3 is 2.27 bits per heavy atom. The predicted octanol–water partition coefficient (Wildman–Crippen LogP) is 4.08. The van der Waals surface area contributed by atoms with E-state index in [1.54, 1.807) is 0 Å². The van der Waals surface area contributed by atoms with Crippen molar-refractivity contribution in [2.75, 3.05) is 31.1 Å². The molecule has 2 aromatic carbocycles. The van der Waals surface area contributed by atoms with Gasteiger partial charge in [-0.2, -0.15) is 0 Å². The van der Waals surface area contributed by atoms with Crippen LogP contribution in [0.5, 0.6) is 0 Å². The normalized spacial score (nSPS) is 15.7. The first-order chi connectivity index (χ1) is 12.7. The lowest BCUT2D eigenvalue weighted by molar-refractivity contribution is 0.249. The first kappa shape index (κ1) is 17.0. The molecule has 26 heavy (non-hydrogen) atoms. The maximum absolute atomic E-state index is 4.78. The Hall–Kier alpha value is -2.46. The van der Waals surface area contributed by atoms with Crippen LogP contribution in [-0.2, 0) is 6.54 Å². The summed E-state index contributed by atoms with van der Waals surface area (Å²) in [6, 6.07) is 17.1. The van der Waals surface area contributed by atoms with Crippen LogP contribution in [0.15, 0.2) is 54.7 Å². The summed E-state index contributed by atoms with van der Waals surface area (Å²) in [5.41, 5.74) is 4.74. The SMILES string of the molecule is CC(C)c1ccc(CN2CCN(c3cnc4ccccc4n3)CC2)cc1. The van der Waals surface area contributed by atoms with Crippen molar-refractivity contribution in [3.8, 4) is 0 Å². The smallest absolute Gasteiger partial charge is 0.147 e. The molecule has 0 atom stereocenters. The summed E-state index contributed by atoms with van der Waals surface area (Å²) in [7, 11) is 0. The van der Waals surface area contributed by atoms with E-state index in [1.807, 2.05) is 30.5 Å². The van der Waals surface area contributed by atoms with Crippen molar-refractivity contribution in [2.45, 2.75) is 26.3 Å². The molecule has 1 saturated heterocycles. The van der Waals surface area contributed by atoms with Crippen molar-refractivity contribution < 1.29 is 0 Å². The molecule has 4 rings (SSSR count). The first-order valence-electron chi connectivity index (χ1n) is 9.47. The van der Waals surface area contributed by atoms with Crippen molar-refractivity contribution in [2.24, 2.45) is 0 Å². The van der Waals surface area contributed by atoms with Gasteiger partial charge in [0.05, 0.1) is 17.2 Å². The van der Waals surface area contributed by atoms with Crippen LogP contribution in [0, 0.1) is 0 Å². The van der Waals surface area contributed by atoms with Gasteiger partial charge in [0, 0.05) is 32.7 Å². The third-order valence-electron chi connectivity index (χ3n) is 5.18. The van der Waals surface area contributed by atoms with Gasteiger partial charge < -0.3 is 4.90 Å². The molecular formula is C22H26N4. The molecule has 0 spiro atoms. The van der Waals surface area contributed by atoms with E-state index in [-0.39, 0.29) is 0 Å². The molecule has 0 amide bonds. The molecular weight excluding hydrogens is 320 g/mol. The van der Waals surface area contributed by atoms with E-state index in [1.165, 1.54) is 11.1 Å². The second-order valence-corrected chi connectivity index (χ2v) is 7.38. The molecule has 1 fully saturated rings. The van der Waals surface area contributed by atoms with Crippen LogP contribution in [0.3, 0.4) is 0 Å². The lowest BCUT2D eigenvalue weighted by atomic mass is 10.0. The van der Waals surface area contributed by atoms with E-state index in [2.05, 4.69) is 52.9 Å². The number of fused-ring (bicyclic) bond motifs is 1. The molecule has 1 aliphatic rings. The summed E-state index contributed by atoms with van der Waals surface area (Å²) in [5, 5.41) is 0. The van der Waals surface area contributed by atoms with Gasteiger partial charge in [-0.15, -0.1) is 0 Å². The third kappa shape index (κ3) is 3.70. The number of hydrogen-bond donors (Lipinski definition) is 0. The zero-order valence-corrected chi connectivity index (χ0v) is 15.6. The highest BCUT2D eigenvalue weighted by Gasteiger charge is 2.18. The second-order valence-electron chi connectivity index (χ2n) is 7.38. The van der Waals surface area contributed by atoms with Gasteiger partial charge in [-0.1, -0.05) is 50.2 Å². The summed E-state index contributed by atoms with van der Waals surface area (Å²) in [4.78, 5) is 14.2. The Labute approximate surface area is 155 Å². The lowest BCUT2D eigenvalue weighted by Crippen LogP contribution is -2.46. The lowest BCUT2D eigenvalue weighted by Gasteiger charge is -2.35. The molecule has 2 heterocycles. The average molecular weight is 346 g/mol. The van der Waals surface area contributed by atoms with Crippen LogP contribution in [0.25, 0.3) is 11.0 Å². The summed E-state index contributed by atoms with van der Waals surface area (Å²) in [6.45, 7) is 9.61. The third-order valence-corrected chi connectivity index (χ3v) is 5.18. The maximum atomic E-state index is 4.78. The van der Waals surface area contributed by atoms with Gasteiger partial charge in [-0.05, 0) is 29.2 Å². The quantitative estimate of drug-likeness (QED) is 0.713. The zero-order valence-electron chi connectivity index (χ0n) is 15.6. The van der Waals surface area contributed by atoms with Crippen LogP contribution in [0.1, 0.15) is 30.9 Å². The predicted molar refractivity (Wildman–Crippen MR) is 108 cm³/mol. The van der Waals surface area contributed by atoms with Crippen molar-refractivity contribution in [3.05, 3.63) is 65.9 Å². The van der Waals surface area contributed by atoms with Crippen LogP contribution < -0.4 is 4.90 Å². The minimum atomic E-state index is 0.593. The molecule has 4 nitrogen and oxygen atoms in total. The fourth-order valence-electron chi connectivity index (χ4n) is 3.50. The number of para-hydroxylation sites is 2. The van der Waals surface area contributed by atoms with Gasteiger partial charge in [0.2, 0.25) is 0 Å². The van der Waals surface area contributed by atoms with E-state index < -0.39 is 0 Å². The Kier molecular flexibility index (Phi) is 4.85. The minimum Gasteiger partial charge on any atom is -0.353 e. The maximum Gasteiger partial charge on any atom is 0.147 e. The van der Waals surface area contributed by atoms with Gasteiger partial charge in [0.1, 0.15) is 5.82 Å². The Balaban J connectivity index is 1.37. The molecule has 0 saturated carbocycles. The second kappa shape index (κ2) is 7.42. The summed E-state index contributed by atoms with van der Waals surface area (Å²) >= 11 is 0. The fourth-order valence-corrected chi connectivity index (χ4v) is 3.50. The standard InChI is InChI=1S/C22H26N4/c1-17(2)19-9-7-18(8-10-19)16-25-11-13-26(14-12-25)22-15-23-20-5-3-4-6-21(20)24-22/h3-10,15,17H,11-14,16H2,1-2H3. The number of hydrogen-bond acceptors (Lipinski definition) is 4. The average Bonchev–Trinajstić information content (AvgIpc) is 2.68. The highest BCUT2D eigenvalue weighted by molar-refractivity contribution is 5.75. The summed E-state index contributed by atoms with van der Waals surface area (Å²) in [5.74, 6) is 1.58. The highest BCUT2D eigenvalue weighted by atomic mass is 15.3. The highest BCUT2D eigenvalue weighted by Crippen LogP contribution is 2.19. The van der Waals surface area contributed by atoms with Crippen LogP contribution in [0.2, 0.25) is 0 Å². The van der Waals surface area contributed by atoms with Gasteiger partial charge in [0.15, 0.2) is 0 Å². The van der Waals surface area contributed by atoms with Gasteiger partial charge in [-0.3, -0.25) is 9.88 Å². The van der Waals surface area contributed by atoms with E-state index in [0.29, 0.717) is 5.92 Å². The largest absolute Gasteiger partial charge is 0.353 e. The van der Waals surface area contributed by atoms with Crippen molar-refractivity contribution in [1.29, 1.82) is 0 Å². The summed E-state index contributed by atoms with van der Waals surface area (Å²) in [6.07, 6.45) is 1.91. The number of nitrogens with zero attached hydrogens (tertiary/aromatic N) is 4. The number of rotatable bonds is 4. The molecule has 0 unspecified atom stereocenters. The molecule has 1 aromatic heterocycles. The van der Waals surface area contributed by atoms with Crippen molar-refractivity contribution in [1.82, 2.24) is 14.9 Å². The number of benzene rings is 2. The Bertz CT molecular complexity index is 865. The number of aromatic nitrogens is 2. The number of anilines is 1. The summed E-state index contributed by atoms with van der Waals surface area (Å²) < 4.78 is 0. The molecule has 0 aliphatic carbocycles. The number of piperazine rings is 1. The fraction of sp³-hybridized carbons (Fsp3) is 0.364. The van der Waals surface area contributed by atoms with Gasteiger partial charge in [-0.25, -0.2) is 4.98 Å². The first-order valence-corrected chi connectivity index (χ1v) is 9.47. The van der Waals surface area contributed by atoms with Crippen LogP contribution in [0.4, 0.5) is 5.82 Å². The van der Waals surface area contributed by atoms with Crippen LogP contribution in [-0.4, -0.2) is 41.0 Å². The molecule has 4 heteroatoms. The van der Waals surface area contributed by atoms with E-state index in [9.17, 15) is 0 Å². The monoisotopic (exact) mass is 346 g/mol.